The number of guanidine groups is 1. The first-order chi connectivity index (χ1) is 12.3. The van der Waals surface area contributed by atoms with Crippen LogP contribution in [0.1, 0.15) is 25.3 Å². The second kappa shape index (κ2) is 10.9. The summed E-state index contributed by atoms with van der Waals surface area (Å²) in [5.41, 5.74) is 1.13. The van der Waals surface area contributed by atoms with Gasteiger partial charge in [-0.25, -0.2) is 4.99 Å². The van der Waals surface area contributed by atoms with Crippen molar-refractivity contribution in [1.29, 1.82) is 0 Å². The molecule has 0 aromatic heterocycles. The minimum Gasteiger partial charge on any atom is -0.497 e. The Hall–Kier alpha value is -1.06. The zero-order chi connectivity index (χ0) is 17.5. The highest BCUT2D eigenvalue weighted by Crippen LogP contribution is 2.22. The van der Waals surface area contributed by atoms with E-state index in [2.05, 4.69) is 33.5 Å². The Morgan fingerprint density at radius 1 is 1.38 bits per heavy atom. The maximum absolute atomic E-state index is 6.01. The predicted molar refractivity (Wildman–Crippen MR) is 116 cm³/mol. The van der Waals surface area contributed by atoms with Gasteiger partial charge in [0, 0.05) is 25.7 Å². The molecule has 0 saturated carbocycles. The van der Waals surface area contributed by atoms with E-state index in [0.717, 1.165) is 43.5 Å². The van der Waals surface area contributed by atoms with Crippen molar-refractivity contribution in [1.82, 2.24) is 15.5 Å². The molecule has 6 nitrogen and oxygen atoms in total. The van der Waals surface area contributed by atoms with Crippen molar-refractivity contribution in [2.45, 2.75) is 38.5 Å². The van der Waals surface area contributed by atoms with Crippen molar-refractivity contribution >= 4 is 29.9 Å². The van der Waals surface area contributed by atoms with Gasteiger partial charge < -0.3 is 20.1 Å². The average Bonchev–Trinajstić information content (AvgIpc) is 3.12. The van der Waals surface area contributed by atoms with Crippen LogP contribution in [0, 0.1) is 0 Å². The van der Waals surface area contributed by atoms with E-state index in [-0.39, 0.29) is 30.1 Å². The fraction of sp³-hybridized carbons (Fsp3) is 0.632. The first-order valence-electron chi connectivity index (χ1n) is 9.29. The summed E-state index contributed by atoms with van der Waals surface area (Å²) in [6.07, 6.45) is 2.82. The summed E-state index contributed by atoms with van der Waals surface area (Å²) in [5.74, 6) is 1.69. The van der Waals surface area contributed by atoms with Crippen LogP contribution in [0.4, 0.5) is 0 Å². The largest absolute Gasteiger partial charge is 0.497 e. The van der Waals surface area contributed by atoms with Crippen LogP contribution in [0.2, 0.25) is 0 Å². The Balaban J connectivity index is 0.00000243. The molecule has 7 heteroatoms. The topological polar surface area (TPSA) is 58.1 Å². The molecule has 1 aromatic carbocycles. The van der Waals surface area contributed by atoms with Crippen molar-refractivity contribution in [3.05, 3.63) is 29.8 Å². The van der Waals surface area contributed by atoms with Crippen LogP contribution in [0.5, 0.6) is 5.75 Å². The molecule has 0 spiro atoms. The van der Waals surface area contributed by atoms with E-state index in [9.17, 15) is 0 Å². The number of ether oxygens (including phenoxy) is 2. The molecule has 2 aliphatic rings. The Morgan fingerprint density at radius 3 is 3.08 bits per heavy atom. The third kappa shape index (κ3) is 5.99. The summed E-state index contributed by atoms with van der Waals surface area (Å²) in [6.45, 7) is 7.42. The SMILES string of the molecule is CCNC(=NCc1cccc(OC)c1)NCC1CN2CCCC2CO1.I. The Labute approximate surface area is 173 Å². The van der Waals surface area contributed by atoms with Gasteiger partial charge in [-0.1, -0.05) is 12.1 Å². The van der Waals surface area contributed by atoms with Crippen molar-refractivity contribution in [3.8, 4) is 5.75 Å². The molecule has 0 aliphatic carbocycles. The number of aliphatic imine (C=N–C) groups is 1. The molecule has 2 atom stereocenters. The number of halogens is 1. The van der Waals surface area contributed by atoms with E-state index in [1.165, 1.54) is 19.4 Å². The van der Waals surface area contributed by atoms with E-state index in [4.69, 9.17) is 9.47 Å². The first-order valence-corrected chi connectivity index (χ1v) is 9.29. The fourth-order valence-electron chi connectivity index (χ4n) is 3.50. The third-order valence-electron chi connectivity index (χ3n) is 4.86. The molecule has 2 fully saturated rings. The van der Waals surface area contributed by atoms with Gasteiger partial charge in [0.25, 0.3) is 0 Å². The molecule has 2 heterocycles. The smallest absolute Gasteiger partial charge is 0.191 e. The zero-order valence-corrected chi connectivity index (χ0v) is 18.1. The van der Waals surface area contributed by atoms with Crippen molar-refractivity contribution in [3.63, 3.8) is 0 Å². The van der Waals surface area contributed by atoms with Crippen LogP contribution >= 0.6 is 24.0 Å². The van der Waals surface area contributed by atoms with Crippen molar-refractivity contribution in [2.75, 3.05) is 39.9 Å². The highest BCUT2D eigenvalue weighted by molar-refractivity contribution is 14.0. The average molecular weight is 474 g/mol. The number of hydrogen-bond acceptors (Lipinski definition) is 4. The van der Waals surface area contributed by atoms with Crippen LogP contribution in [0.3, 0.4) is 0 Å². The number of nitrogens with one attached hydrogen (secondary N) is 2. The Kier molecular flexibility index (Phi) is 8.94. The number of nitrogens with zero attached hydrogens (tertiary/aromatic N) is 2. The Morgan fingerprint density at radius 2 is 2.27 bits per heavy atom. The van der Waals surface area contributed by atoms with Gasteiger partial charge in [-0.2, -0.15) is 0 Å². The molecule has 2 aliphatic heterocycles. The number of benzene rings is 1. The summed E-state index contributed by atoms with van der Waals surface area (Å²) in [5, 5.41) is 6.73. The number of methoxy groups -OCH3 is 1. The van der Waals surface area contributed by atoms with Crippen LogP contribution in [-0.4, -0.2) is 62.9 Å². The molecular weight excluding hydrogens is 443 g/mol. The van der Waals surface area contributed by atoms with E-state index in [1.807, 2.05) is 18.2 Å². The predicted octanol–water partition coefficient (Wildman–Crippen LogP) is 2.23. The standard InChI is InChI=1S/C19H30N4O2.HI/c1-3-20-19(21-11-15-6-4-8-17(10-15)24-2)22-12-18-13-23-9-5-7-16(23)14-25-18;/h4,6,8,10,16,18H,3,5,7,9,11-14H2,1-2H3,(H2,20,21,22);1H. The summed E-state index contributed by atoms with van der Waals surface area (Å²) < 4.78 is 11.3. The molecule has 0 bridgehead atoms. The van der Waals surface area contributed by atoms with Crippen LogP contribution in [0.25, 0.3) is 0 Å². The fourth-order valence-corrected chi connectivity index (χ4v) is 3.50. The van der Waals surface area contributed by atoms with Gasteiger partial charge in [-0.05, 0) is 44.0 Å². The monoisotopic (exact) mass is 474 g/mol. The van der Waals surface area contributed by atoms with E-state index < -0.39 is 0 Å². The summed E-state index contributed by atoms with van der Waals surface area (Å²) >= 11 is 0. The number of fused-ring (bicyclic) bond motifs is 1. The lowest BCUT2D eigenvalue weighted by Gasteiger charge is -2.35. The van der Waals surface area contributed by atoms with Gasteiger partial charge in [-0.3, -0.25) is 4.90 Å². The molecule has 2 unspecified atom stereocenters. The number of hydrogen-bond donors (Lipinski definition) is 2. The minimum absolute atomic E-state index is 0. The maximum atomic E-state index is 6.01. The van der Waals surface area contributed by atoms with Crippen LogP contribution in [0.15, 0.2) is 29.3 Å². The second-order valence-corrected chi connectivity index (χ2v) is 6.67. The Bertz CT molecular complexity index is 584. The molecule has 2 saturated heterocycles. The third-order valence-corrected chi connectivity index (χ3v) is 4.86. The van der Waals surface area contributed by atoms with Crippen molar-refractivity contribution < 1.29 is 9.47 Å². The van der Waals surface area contributed by atoms with Gasteiger partial charge in [0.05, 0.1) is 26.4 Å². The van der Waals surface area contributed by atoms with Gasteiger partial charge in [0.2, 0.25) is 0 Å². The zero-order valence-electron chi connectivity index (χ0n) is 15.7. The van der Waals surface area contributed by atoms with E-state index >= 15 is 0 Å². The first kappa shape index (κ1) is 21.2. The summed E-state index contributed by atoms with van der Waals surface area (Å²) in [7, 11) is 1.68. The lowest BCUT2D eigenvalue weighted by Crippen LogP contribution is -2.51. The molecule has 0 amide bonds. The molecule has 1 aromatic rings. The summed E-state index contributed by atoms with van der Waals surface area (Å²) in [6, 6.07) is 8.67. The van der Waals surface area contributed by atoms with Gasteiger partial charge in [0.1, 0.15) is 5.75 Å². The maximum Gasteiger partial charge on any atom is 0.191 e. The summed E-state index contributed by atoms with van der Waals surface area (Å²) in [4.78, 5) is 7.25. The van der Waals surface area contributed by atoms with Gasteiger partial charge in [0.15, 0.2) is 5.96 Å². The molecule has 3 rings (SSSR count). The molecule has 0 radical (unpaired) electrons. The lowest BCUT2D eigenvalue weighted by atomic mass is 10.2. The van der Waals surface area contributed by atoms with Gasteiger partial charge >= 0.3 is 0 Å². The van der Waals surface area contributed by atoms with Crippen molar-refractivity contribution in [2.24, 2.45) is 4.99 Å². The molecule has 2 N–H and O–H groups in total. The van der Waals surface area contributed by atoms with Crippen LogP contribution in [-0.2, 0) is 11.3 Å². The number of morpholine rings is 1. The van der Waals surface area contributed by atoms with E-state index in [0.29, 0.717) is 12.6 Å². The molecular formula is C19H31IN4O2. The van der Waals surface area contributed by atoms with E-state index in [1.54, 1.807) is 7.11 Å². The molecule has 146 valence electrons. The highest BCUT2D eigenvalue weighted by atomic mass is 127. The number of rotatable bonds is 6. The quantitative estimate of drug-likeness (QED) is 0.377. The second-order valence-electron chi connectivity index (χ2n) is 6.67. The van der Waals surface area contributed by atoms with Gasteiger partial charge in [-0.15, -0.1) is 24.0 Å². The normalized spacial score (nSPS) is 23.1. The minimum atomic E-state index is 0. The van der Waals surface area contributed by atoms with Crippen LogP contribution < -0.4 is 15.4 Å². The molecule has 26 heavy (non-hydrogen) atoms. The highest BCUT2D eigenvalue weighted by Gasteiger charge is 2.32. The lowest BCUT2D eigenvalue weighted by molar-refractivity contribution is -0.0453.